The highest BCUT2D eigenvalue weighted by atomic mass is 15.2. The summed E-state index contributed by atoms with van der Waals surface area (Å²) in [6.45, 7) is 9.48. The first kappa shape index (κ1) is 12.0. The standard InChI is InChI=1S/C16H24N2/c1-3-13-6-5-7-14(4-2)15(13)18-11-16(12-18)8-9-17-10-16/h5-7,17H,3-4,8-12H2,1-2H3. The fourth-order valence-corrected chi connectivity index (χ4v) is 3.61. The van der Waals surface area contributed by atoms with Gasteiger partial charge in [-0.15, -0.1) is 0 Å². The molecule has 0 aromatic heterocycles. The Morgan fingerprint density at radius 3 is 2.33 bits per heavy atom. The summed E-state index contributed by atoms with van der Waals surface area (Å²) in [5.74, 6) is 0. The third-order valence-electron chi connectivity index (χ3n) is 4.67. The molecule has 98 valence electrons. The summed E-state index contributed by atoms with van der Waals surface area (Å²) < 4.78 is 0. The van der Waals surface area contributed by atoms with Gasteiger partial charge in [0.15, 0.2) is 0 Å². The Hall–Kier alpha value is -1.02. The summed E-state index contributed by atoms with van der Waals surface area (Å²) in [5, 5.41) is 3.52. The zero-order valence-corrected chi connectivity index (χ0v) is 11.6. The van der Waals surface area contributed by atoms with Gasteiger partial charge < -0.3 is 10.2 Å². The van der Waals surface area contributed by atoms with Crippen LogP contribution in [0.4, 0.5) is 5.69 Å². The quantitative estimate of drug-likeness (QED) is 0.879. The number of nitrogens with zero attached hydrogens (tertiary/aromatic N) is 1. The molecule has 2 aliphatic heterocycles. The number of para-hydroxylation sites is 1. The molecule has 1 aromatic rings. The van der Waals surface area contributed by atoms with Gasteiger partial charge in [-0.1, -0.05) is 32.0 Å². The summed E-state index contributed by atoms with van der Waals surface area (Å²) in [6, 6.07) is 6.81. The van der Waals surface area contributed by atoms with Crippen LogP contribution in [0.15, 0.2) is 18.2 Å². The molecule has 0 atom stereocenters. The summed E-state index contributed by atoms with van der Waals surface area (Å²) >= 11 is 0. The normalized spacial score (nSPS) is 21.3. The Morgan fingerprint density at radius 2 is 1.83 bits per heavy atom. The minimum absolute atomic E-state index is 0.589. The van der Waals surface area contributed by atoms with E-state index >= 15 is 0 Å². The van der Waals surface area contributed by atoms with Crippen LogP contribution in [0.2, 0.25) is 0 Å². The third-order valence-corrected chi connectivity index (χ3v) is 4.67. The monoisotopic (exact) mass is 244 g/mol. The largest absolute Gasteiger partial charge is 0.370 e. The molecule has 2 aliphatic rings. The topological polar surface area (TPSA) is 15.3 Å². The first-order valence-corrected chi connectivity index (χ1v) is 7.34. The fraction of sp³-hybridized carbons (Fsp3) is 0.625. The predicted octanol–water partition coefficient (Wildman–Crippen LogP) is 2.61. The maximum absolute atomic E-state index is 3.52. The van der Waals surface area contributed by atoms with Crippen LogP contribution in [0.25, 0.3) is 0 Å². The minimum atomic E-state index is 0.589. The number of benzene rings is 1. The average Bonchev–Trinajstić information content (AvgIpc) is 2.85. The van der Waals surface area contributed by atoms with Crippen LogP contribution in [0, 0.1) is 5.41 Å². The van der Waals surface area contributed by atoms with Crippen molar-refractivity contribution in [1.82, 2.24) is 5.32 Å². The molecule has 0 aliphatic carbocycles. The van der Waals surface area contributed by atoms with Crippen molar-refractivity contribution in [2.75, 3.05) is 31.1 Å². The first-order chi connectivity index (χ1) is 8.78. The Labute approximate surface area is 110 Å². The van der Waals surface area contributed by atoms with Crippen LogP contribution in [0.5, 0.6) is 0 Å². The molecule has 1 spiro atoms. The second-order valence-electron chi connectivity index (χ2n) is 5.91. The maximum atomic E-state index is 3.52. The van der Waals surface area contributed by atoms with Gasteiger partial charge in [-0.05, 0) is 36.9 Å². The molecule has 0 unspecified atom stereocenters. The molecule has 2 heteroatoms. The third kappa shape index (κ3) is 1.83. The summed E-state index contributed by atoms with van der Waals surface area (Å²) in [4.78, 5) is 2.62. The highest BCUT2D eigenvalue weighted by molar-refractivity contribution is 5.62. The van der Waals surface area contributed by atoms with Crippen LogP contribution in [-0.4, -0.2) is 26.2 Å². The van der Waals surface area contributed by atoms with Gasteiger partial charge >= 0.3 is 0 Å². The van der Waals surface area contributed by atoms with Crippen molar-refractivity contribution in [1.29, 1.82) is 0 Å². The average molecular weight is 244 g/mol. The van der Waals surface area contributed by atoms with Gasteiger partial charge in [0, 0.05) is 30.7 Å². The van der Waals surface area contributed by atoms with Gasteiger partial charge in [-0.2, -0.15) is 0 Å². The van der Waals surface area contributed by atoms with Crippen molar-refractivity contribution in [3.8, 4) is 0 Å². The lowest BCUT2D eigenvalue weighted by Gasteiger charge is -2.50. The SMILES string of the molecule is CCc1cccc(CC)c1N1CC2(CCNC2)C1. The molecule has 18 heavy (non-hydrogen) atoms. The van der Waals surface area contributed by atoms with E-state index in [9.17, 15) is 0 Å². The summed E-state index contributed by atoms with van der Waals surface area (Å²) in [5.41, 5.74) is 5.18. The molecular weight excluding hydrogens is 220 g/mol. The van der Waals surface area contributed by atoms with E-state index in [0.29, 0.717) is 5.41 Å². The van der Waals surface area contributed by atoms with E-state index in [1.807, 2.05) is 0 Å². The molecule has 2 nitrogen and oxygen atoms in total. The maximum Gasteiger partial charge on any atom is 0.0431 e. The second-order valence-corrected chi connectivity index (χ2v) is 5.91. The van der Waals surface area contributed by atoms with E-state index in [-0.39, 0.29) is 0 Å². The minimum Gasteiger partial charge on any atom is -0.370 e. The van der Waals surface area contributed by atoms with Crippen LogP contribution >= 0.6 is 0 Å². The van der Waals surface area contributed by atoms with E-state index in [1.165, 1.54) is 43.7 Å². The van der Waals surface area contributed by atoms with E-state index in [0.717, 1.165) is 12.8 Å². The van der Waals surface area contributed by atoms with Crippen molar-refractivity contribution in [3.63, 3.8) is 0 Å². The lowest BCUT2D eigenvalue weighted by molar-refractivity contribution is 0.242. The van der Waals surface area contributed by atoms with E-state index in [4.69, 9.17) is 0 Å². The molecule has 3 rings (SSSR count). The molecule has 0 amide bonds. The zero-order valence-electron chi connectivity index (χ0n) is 11.6. The number of anilines is 1. The second kappa shape index (κ2) is 4.58. The zero-order chi connectivity index (χ0) is 12.6. The highest BCUT2D eigenvalue weighted by Crippen LogP contribution is 2.41. The molecule has 2 saturated heterocycles. The molecular formula is C16H24N2. The van der Waals surface area contributed by atoms with Crippen molar-refractivity contribution < 1.29 is 0 Å². The number of hydrogen-bond acceptors (Lipinski definition) is 2. The number of aryl methyl sites for hydroxylation is 2. The van der Waals surface area contributed by atoms with Crippen molar-refractivity contribution >= 4 is 5.69 Å². The van der Waals surface area contributed by atoms with Gasteiger partial charge in [0.25, 0.3) is 0 Å². The molecule has 2 heterocycles. The van der Waals surface area contributed by atoms with Crippen LogP contribution in [0.1, 0.15) is 31.4 Å². The van der Waals surface area contributed by atoms with Gasteiger partial charge in [-0.25, -0.2) is 0 Å². The van der Waals surface area contributed by atoms with Gasteiger partial charge in [0.2, 0.25) is 0 Å². The number of nitrogens with one attached hydrogen (secondary N) is 1. The van der Waals surface area contributed by atoms with Crippen molar-refractivity contribution in [2.24, 2.45) is 5.41 Å². The molecule has 1 N–H and O–H groups in total. The van der Waals surface area contributed by atoms with Crippen molar-refractivity contribution in [3.05, 3.63) is 29.3 Å². The van der Waals surface area contributed by atoms with E-state index in [1.54, 1.807) is 5.69 Å². The van der Waals surface area contributed by atoms with Gasteiger partial charge in [-0.3, -0.25) is 0 Å². The highest BCUT2D eigenvalue weighted by Gasteiger charge is 2.45. The fourth-order valence-electron chi connectivity index (χ4n) is 3.61. The van der Waals surface area contributed by atoms with Crippen LogP contribution < -0.4 is 10.2 Å². The summed E-state index contributed by atoms with van der Waals surface area (Å²) in [7, 11) is 0. The number of rotatable bonds is 3. The lowest BCUT2D eigenvalue weighted by atomic mass is 9.78. The molecule has 0 radical (unpaired) electrons. The summed E-state index contributed by atoms with van der Waals surface area (Å²) in [6.07, 6.45) is 3.65. The molecule has 2 fully saturated rings. The van der Waals surface area contributed by atoms with Crippen LogP contribution in [0.3, 0.4) is 0 Å². The van der Waals surface area contributed by atoms with E-state index in [2.05, 4.69) is 42.3 Å². The molecule has 0 bridgehead atoms. The van der Waals surface area contributed by atoms with Crippen molar-refractivity contribution in [2.45, 2.75) is 33.1 Å². The predicted molar refractivity (Wildman–Crippen MR) is 77.3 cm³/mol. The first-order valence-electron chi connectivity index (χ1n) is 7.34. The Kier molecular flexibility index (Phi) is 3.06. The Bertz CT molecular complexity index is 402. The van der Waals surface area contributed by atoms with Gasteiger partial charge in [0.05, 0.1) is 0 Å². The Morgan fingerprint density at radius 1 is 1.17 bits per heavy atom. The number of hydrogen-bond donors (Lipinski definition) is 1. The van der Waals surface area contributed by atoms with Crippen LogP contribution in [-0.2, 0) is 12.8 Å². The lowest BCUT2D eigenvalue weighted by Crippen LogP contribution is -2.58. The van der Waals surface area contributed by atoms with E-state index < -0.39 is 0 Å². The smallest absolute Gasteiger partial charge is 0.0431 e. The van der Waals surface area contributed by atoms with Gasteiger partial charge in [0.1, 0.15) is 0 Å². The Balaban J connectivity index is 1.84. The molecule has 0 saturated carbocycles. The molecule has 1 aromatic carbocycles.